The van der Waals surface area contributed by atoms with Crippen molar-refractivity contribution in [2.24, 2.45) is 0 Å². The van der Waals surface area contributed by atoms with Crippen molar-refractivity contribution in [1.29, 1.82) is 0 Å². The molecule has 0 aliphatic carbocycles. The van der Waals surface area contributed by atoms with E-state index in [1.807, 2.05) is 0 Å². The lowest BCUT2D eigenvalue weighted by molar-refractivity contribution is -0.144. The topological polar surface area (TPSA) is 64.6 Å². The molecule has 0 aromatic heterocycles. The molecule has 8 heteroatoms. The number of halogens is 2. The summed E-state index contributed by atoms with van der Waals surface area (Å²) in [5, 5.41) is 2.97. The predicted octanol–water partition coefficient (Wildman–Crippen LogP) is 3.76. The van der Waals surface area contributed by atoms with Crippen molar-refractivity contribution in [2.75, 3.05) is 24.8 Å². The van der Waals surface area contributed by atoms with Gasteiger partial charge in [0, 0.05) is 9.92 Å². The van der Waals surface area contributed by atoms with Crippen LogP contribution in [0.15, 0.2) is 47.4 Å². The summed E-state index contributed by atoms with van der Waals surface area (Å²) in [7, 11) is 1.46. The zero-order chi connectivity index (χ0) is 18.2. The van der Waals surface area contributed by atoms with Crippen LogP contribution < -0.4 is 10.1 Å². The van der Waals surface area contributed by atoms with Gasteiger partial charge in [0.2, 0.25) is 0 Å². The molecule has 0 radical (unpaired) electrons. The van der Waals surface area contributed by atoms with E-state index in [0.29, 0.717) is 21.4 Å². The fourth-order valence-corrected chi connectivity index (χ4v) is 2.76. The highest BCUT2D eigenvalue weighted by atomic mass is 35.5. The van der Waals surface area contributed by atoms with Gasteiger partial charge in [-0.1, -0.05) is 23.7 Å². The zero-order valence-corrected chi connectivity index (χ0v) is 14.8. The first-order valence-electron chi connectivity index (χ1n) is 7.16. The number of carbonyl (C=O) groups is 2. The minimum atomic E-state index is -0.624. The highest BCUT2D eigenvalue weighted by molar-refractivity contribution is 8.00. The van der Waals surface area contributed by atoms with Gasteiger partial charge in [-0.05, 0) is 30.3 Å². The van der Waals surface area contributed by atoms with Crippen LogP contribution in [0.1, 0.15) is 0 Å². The monoisotopic (exact) mass is 383 g/mol. The van der Waals surface area contributed by atoms with Gasteiger partial charge in [0.15, 0.2) is 6.61 Å². The van der Waals surface area contributed by atoms with Gasteiger partial charge < -0.3 is 14.8 Å². The van der Waals surface area contributed by atoms with Gasteiger partial charge in [-0.25, -0.2) is 4.39 Å². The molecule has 25 heavy (non-hydrogen) atoms. The standard InChI is InChI=1S/C17H15ClFNO4S/c1-23-14-7-6-11(18)8-13(14)20-16(21)9-24-17(22)10-25-15-5-3-2-4-12(15)19/h2-8H,9-10H2,1H3,(H,20,21). The van der Waals surface area contributed by atoms with Gasteiger partial charge in [0.25, 0.3) is 5.91 Å². The molecule has 2 rings (SSSR count). The van der Waals surface area contributed by atoms with Gasteiger partial charge in [0.1, 0.15) is 11.6 Å². The van der Waals surface area contributed by atoms with Gasteiger partial charge in [-0.3, -0.25) is 9.59 Å². The molecule has 132 valence electrons. The van der Waals surface area contributed by atoms with Crippen LogP contribution in [0.4, 0.5) is 10.1 Å². The molecular weight excluding hydrogens is 369 g/mol. The molecule has 0 saturated carbocycles. The van der Waals surface area contributed by atoms with E-state index in [1.54, 1.807) is 30.3 Å². The summed E-state index contributed by atoms with van der Waals surface area (Å²) in [6.45, 7) is -0.466. The molecule has 0 fully saturated rings. The Balaban J connectivity index is 1.81. The SMILES string of the molecule is COc1ccc(Cl)cc1NC(=O)COC(=O)CSc1ccccc1F. The van der Waals surface area contributed by atoms with Crippen molar-refractivity contribution in [2.45, 2.75) is 4.90 Å². The van der Waals surface area contributed by atoms with E-state index in [9.17, 15) is 14.0 Å². The third-order valence-electron chi connectivity index (χ3n) is 2.98. The summed E-state index contributed by atoms with van der Waals surface area (Å²) in [6.07, 6.45) is 0. The van der Waals surface area contributed by atoms with Crippen LogP contribution in [0, 0.1) is 5.82 Å². The maximum absolute atomic E-state index is 13.4. The maximum atomic E-state index is 13.4. The number of carbonyl (C=O) groups excluding carboxylic acids is 2. The first-order valence-corrected chi connectivity index (χ1v) is 8.52. The van der Waals surface area contributed by atoms with E-state index in [2.05, 4.69) is 5.32 Å². The Hall–Kier alpha value is -2.25. The highest BCUT2D eigenvalue weighted by Crippen LogP contribution is 2.27. The number of hydrogen-bond donors (Lipinski definition) is 1. The van der Waals surface area contributed by atoms with Crippen LogP contribution in [-0.4, -0.2) is 31.3 Å². The minimum Gasteiger partial charge on any atom is -0.495 e. The molecule has 2 aromatic carbocycles. The maximum Gasteiger partial charge on any atom is 0.316 e. The smallest absolute Gasteiger partial charge is 0.316 e. The van der Waals surface area contributed by atoms with Crippen LogP contribution in [0.2, 0.25) is 5.02 Å². The number of methoxy groups -OCH3 is 1. The molecule has 1 N–H and O–H groups in total. The number of nitrogens with one attached hydrogen (secondary N) is 1. The van der Waals surface area contributed by atoms with Crippen molar-refractivity contribution in [3.05, 3.63) is 53.3 Å². The number of hydrogen-bond acceptors (Lipinski definition) is 5. The summed E-state index contributed by atoms with van der Waals surface area (Å²) >= 11 is 6.87. The normalized spacial score (nSPS) is 10.2. The molecular formula is C17H15ClFNO4S. The van der Waals surface area contributed by atoms with Crippen molar-refractivity contribution >= 4 is 40.9 Å². The number of benzene rings is 2. The van der Waals surface area contributed by atoms with Gasteiger partial charge in [0.05, 0.1) is 18.6 Å². The molecule has 0 unspecified atom stereocenters. The third-order valence-corrected chi connectivity index (χ3v) is 4.24. The van der Waals surface area contributed by atoms with Crippen molar-refractivity contribution < 1.29 is 23.5 Å². The Morgan fingerprint density at radius 1 is 1.24 bits per heavy atom. The Labute approximate surface area is 153 Å². The summed E-state index contributed by atoms with van der Waals surface area (Å²) in [5.41, 5.74) is 0.372. The molecule has 0 aliphatic rings. The lowest BCUT2D eigenvalue weighted by Crippen LogP contribution is -2.22. The number of anilines is 1. The highest BCUT2D eigenvalue weighted by Gasteiger charge is 2.12. The van der Waals surface area contributed by atoms with E-state index in [1.165, 1.54) is 19.2 Å². The van der Waals surface area contributed by atoms with Crippen molar-refractivity contribution in [3.8, 4) is 5.75 Å². The summed E-state index contributed by atoms with van der Waals surface area (Å²) < 4.78 is 23.4. The second-order valence-electron chi connectivity index (χ2n) is 4.77. The lowest BCUT2D eigenvalue weighted by atomic mass is 10.3. The molecule has 0 bridgehead atoms. The summed E-state index contributed by atoms with van der Waals surface area (Å²) in [5.74, 6) is -1.24. The number of amides is 1. The molecule has 0 saturated heterocycles. The van der Waals surface area contributed by atoms with E-state index in [-0.39, 0.29) is 5.75 Å². The summed E-state index contributed by atoms with van der Waals surface area (Å²) in [4.78, 5) is 23.9. The second-order valence-corrected chi connectivity index (χ2v) is 6.23. The molecule has 2 aromatic rings. The summed E-state index contributed by atoms with van der Waals surface area (Å²) in [6, 6.07) is 10.8. The molecule has 0 heterocycles. The Morgan fingerprint density at radius 2 is 2.00 bits per heavy atom. The first-order chi connectivity index (χ1) is 12.0. The lowest BCUT2D eigenvalue weighted by Gasteiger charge is -2.10. The predicted molar refractivity (Wildman–Crippen MR) is 94.7 cm³/mol. The molecule has 0 spiro atoms. The molecule has 0 atom stereocenters. The number of ether oxygens (including phenoxy) is 2. The van der Waals surface area contributed by atoms with Crippen LogP contribution in [-0.2, 0) is 14.3 Å². The zero-order valence-electron chi connectivity index (χ0n) is 13.3. The fourth-order valence-electron chi connectivity index (χ4n) is 1.85. The quantitative estimate of drug-likeness (QED) is 0.582. The van der Waals surface area contributed by atoms with Crippen LogP contribution in [0.3, 0.4) is 0 Å². The number of esters is 1. The van der Waals surface area contributed by atoms with E-state index >= 15 is 0 Å². The third kappa shape index (κ3) is 5.95. The second kappa shape index (κ2) is 9.29. The Bertz CT molecular complexity index is 772. The van der Waals surface area contributed by atoms with Crippen LogP contribution in [0.25, 0.3) is 0 Å². The van der Waals surface area contributed by atoms with Crippen molar-refractivity contribution in [3.63, 3.8) is 0 Å². The molecule has 1 amide bonds. The average molecular weight is 384 g/mol. The van der Waals surface area contributed by atoms with Gasteiger partial charge >= 0.3 is 5.97 Å². The molecule has 0 aliphatic heterocycles. The van der Waals surface area contributed by atoms with Crippen LogP contribution in [0.5, 0.6) is 5.75 Å². The average Bonchev–Trinajstić information content (AvgIpc) is 2.59. The Kier molecular flexibility index (Phi) is 7.09. The number of thioether (sulfide) groups is 1. The first kappa shape index (κ1) is 19.1. The molecule has 5 nitrogen and oxygen atoms in total. The van der Waals surface area contributed by atoms with E-state index in [0.717, 1.165) is 11.8 Å². The van der Waals surface area contributed by atoms with Gasteiger partial charge in [-0.15, -0.1) is 11.8 Å². The minimum absolute atomic E-state index is 0.102. The van der Waals surface area contributed by atoms with Gasteiger partial charge in [-0.2, -0.15) is 0 Å². The number of rotatable bonds is 7. The Morgan fingerprint density at radius 3 is 2.72 bits per heavy atom. The van der Waals surface area contributed by atoms with E-state index in [4.69, 9.17) is 21.1 Å². The van der Waals surface area contributed by atoms with E-state index < -0.39 is 24.3 Å². The van der Waals surface area contributed by atoms with Crippen LogP contribution >= 0.6 is 23.4 Å². The van der Waals surface area contributed by atoms with Crippen molar-refractivity contribution in [1.82, 2.24) is 0 Å². The largest absolute Gasteiger partial charge is 0.495 e. The fraction of sp³-hybridized carbons (Fsp3) is 0.176.